The van der Waals surface area contributed by atoms with Crippen LogP contribution in [0.15, 0.2) is 41.6 Å². The summed E-state index contributed by atoms with van der Waals surface area (Å²) in [6, 6.07) is 8.42. The van der Waals surface area contributed by atoms with E-state index in [1.54, 1.807) is 16.6 Å². The van der Waals surface area contributed by atoms with Crippen molar-refractivity contribution in [3.05, 3.63) is 47.9 Å². The highest BCUT2D eigenvalue weighted by atomic mass is 32.2. The normalized spacial score (nSPS) is 11.7. The van der Waals surface area contributed by atoms with Gasteiger partial charge in [-0.1, -0.05) is 12.1 Å². The molecule has 120 valence electrons. The van der Waals surface area contributed by atoms with E-state index in [1.807, 2.05) is 13.0 Å². The van der Waals surface area contributed by atoms with Gasteiger partial charge in [-0.05, 0) is 31.0 Å². The van der Waals surface area contributed by atoms with Crippen LogP contribution >= 0.6 is 0 Å². The molecule has 3 N–H and O–H groups in total. The molecular formula is C14H16N6O2S. The monoisotopic (exact) mass is 332 g/mol. The average molecular weight is 332 g/mol. The number of hydrogen-bond acceptors (Lipinski definition) is 6. The molecule has 2 heterocycles. The third kappa shape index (κ3) is 3.46. The predicted octanol–water partition coefficient (Wildman–Crippen LogP) is 0.735. The van der Waals surface area contributed by atoms with E-state index in [0.29, 0.717) is 12.3 Å². The van der Waals surface area contributed by atoms with Crippen LogP contribution in [0.3, 0.4) is 0 Å². The summed E-state index contributed by atoms with van der Waals surface area (Å²) in [5.41, 5.74) is 1.86. The van der Waals surface area contributed by atoms with Gasteiger partial charge in [0.25, 0.3) is 5.78 Å². The van der Waals surface area contributed by atoms with E-state index in [0.717, 1.165) is 23.5 Å². The Hall–Kier alpha value is -2.52. The van der Waals surface area contributed by atoms with E-state index < -0.39 is 10.0 Å². The van der Waals surface area contributed by atoms with Crippen molar-refractivity contribution in [2.75, 3.05) is 11.9 Å². The maximum absolute atomic E-state index is 11.2. The number of sulfonamides is 1. The first kappa shape index (κ1) is 15.4. The highest BCUT2D eigenvalue weighted by molar-refractivity contribution is 7.89. The Bertz CT molecular complexity index is 934. The van der Waals surface area contributed by atoms with Crippen LogP contribution in [0.1, 0.15) is 11.3 Å². The largest absolute Gasteiger partial charge is 0.370 e. The molecule has 0 bridgehead atoms. The third-order valence-corrected chi connectivity index (χ3v) is 4.28. The summed E-state index contributed by atoms with van der Waals surface area (Å²) in [5, 5.41) is 12.5. The zero-order valence-corrected chi connectivity index (χ0v) is 13.3. The summed E-state index contributed by atoms with van der Waals surface area (Å²) in [6.07, 6.45) is 2.18. The van der Waals surface area contributed by atoms with Crippen molar-refractivity contribution in [1.29, 1.82) is 0 Å². The van der Waals surface area contributed by atoms with Crippen LogP contribution in [0, 0.1) is 6.92 Å². The summed E-state index contributed by atoms with van der Waals surface area (Å²) in [5.74, 6) is 1.36. The Labute approximate surface area is 133 Å². The van der Waals surface area contributed by atoms with Gasteiger partial charge < -0.3 is 5.32 Å². The van der Waals surface area contributed by atoms with E-state index in [9.17, 15) is 8.42 Å². The molecular weight excluding hydrogens is 316 g/mol. The number of aryl methyl sites for hydroxylation is 1. The molecule has 0 aliphatic heterocycles. The number of hydrogen-bond donors (Lipinski definition) is 2. The second kappa shape index (κ2) is 5.94. The van der Waals surface area contributed by atoms with Gasteiger partial charge in [0.2, 0.25) is 10.0 Å². The first-order chi connectivity index (χ1) is 10.9. The molecule has 0 fully saturated rings. The van der Waals surface area contributed by atoms with Crippen molar-refractivity contribution >= 4 is 21.6 Å². The standard InChI is InChI=1S/C14H16N6O2S/c1-10-8-13(20-14(19-10)17-9-18-20)16-7-6-11-2-4-12(5-3-11)23(15,21)22/h2-5,8-9,16H,6-7H2,1H3,(H2,15,21,22). The molecule has 3 aromatic rings. The van der Waals surface area contributed by atoms with E-state index in [2.05, 4.69) is 20.4 Å². The van der Waals surface area contributed by atoms with E-state index in [4.69, 9.17) is 5.14 Å². The zero-order valence-electron chi connectivity index (χ0n) is 12.5. The lowest BCUT2D eigenvalue weighted by molar-refractivity contribution is 0.598. The summed E-state index contributed by atoms with van der Waals surface area (Å²) in [6.45, 7) is 2.55. The number of nitrogens with two attached hydrogens (primary N) is 1. The first-order valence-electron chi connectivity index (χ1n) is 6.96. The maximum Gasteiger partial charge on any atom is 0.254 e. The number of nitrogens with one attached hydrogen (secondary N) is 1. The van der Waals surface area contributed by atoms with Crippen LogP contribution < -0.4 is 10.5 Å². The Morgan fingerprint density at radius 1 is 1.26 bits per heavy atom. The minimum atomic E-state index is -3.65. The molecule has 0 radical (unpaired) electrons. The smallest absolute Gasteiger partial charge is 0.254 e. The molecule has 1 aromatic carbocycles. The fourth-order valence-electron chi connectivity index (χ4n) is 2.24. The molecule has 23 heavy (non-hydrogen) atoms. The van der Waals surface area contributed by atoms with Gasteiger partial charge in [-0.3, -0.25) is 0 Å². The van der Waals surface area contributed by atoms with E-state index >= 15 is 0 Å². The molecule has 0 atom stereocenters. The van der Waals surface area contributed by atoms with Crippen molar-refractivity contribution in [2.45, 2.75) is 18.2 Å². The van der Waals surface area contributed by atoms with Gasteiger partial charge in [0, 0.05) is 18.3 Å². The lowest BCUT2D eigenvalue weighted by atomic mass is 10.1. The van der Waals surface area contributed by atoms with Gasteiger partial charge in [0.15, 0.2) is 0 Å². The lowest BCUT2D eigenvalue weighted by Crippen LogP contribution is -2.12. The number of nitrogens with zero attached hydrogens (tertiary/aromatic N) is 4. The molecule has 0 amide bonds. The number of rotatable bonds is 5. The molecule has 8 nitrogen and oxygen atoms in total. The highest BCUT2D eigenvalue weighted by Gasteiger charge is 2.07. The van der Waals surface area contributed by atoms with Crippen molar-refractivity contribution in [3.63, 3.8) is 0 Å². The van der Waals surface area contributed by atoms with E-state index in [1.165, 1.54) is 18.5 Å². The summed E-state index contributed by atoms with van der Waals surface area (Å²) in [7, 11) is -3.65. The Morgan fingerprint density at radius 2 is 2.00 bits per heavy atom. The van der Waals surface area contributed by atoms with Crippen molar-refractivity contribution in [1.82, 2.24) is 19.6 Å². The SMILES string of the molecule is Cc1cc(NCCc2ccc(S(N)(=O)=O)cc2)n2ncnc2n1. The highest BCUT2D eigenvalue weighted by Crippen LogP contribution is 2.12. The van der Waals surface area contributed by atoms with Crippen LogP contribution in [0.25, 0.3) is 5.78 Å². The molecule has 0 aliphatic rings. The number of primary sulfonamides is 1. The second-order valence-corrected chi connectivity index (χ2v) is 6.68. The predicted molar refractivity (Wildman–Crippen MR) is 85.5 cm³/mol. The molecule has 0 unspecified atom stereocenters. The third-order valence-electron chi connectivity index (χ3n) is 3.35. The Morgan fingerprint density at radius 3 is 2.70 bits per heavy atom. The van der Waals surface area contributed by atoms with Gasteiger partial charge in [-0.15, -0.1) is 0 Å². The topological polar surface area (TPSA) is 115 Å². The van der Waals surface area contributed by atoms with Gasteiger partial charge in [0.05, 0.1) is 4.90 Å². The number of anilines is 1. The number of fused-ring (bicyclic) bond motifs is 1. The molecule has 2 aromatic heterocycles. The van der Waals surface area contributed by atoms with Crippen LogP contribution in [-0.4, -0.2) is 34.5 Å². The van der Waals surface area contributed by atoms with Crippen molar-refractivity contribution in [3.8, 4) is 0 Å². The van der Waals surface area contributed by atoms with Crippen LogP contribution in [0.5, 0.6) is 0 Å². The summed E-state index contributed by atoms with van der Waals surface area (Å²) >= 11 is 0. The van der Waals surface area contributed by atoms with Gasteiger partial charge in [-0.2, -0.15) is 14.6 Å². The Kier molecular flexibility index (Phi) is 3.97. The summed E-state index contributed by atoms with van der Waals surface area (Å²) in [4.78, 5) is 8.46. The van der Waals surface area contributed by atoms with Crippen LogP contribution in [0.2, 0.25) is 0 Å². The van der Waals surface area contributed by atoms with Crippen LogP contribution in [-0.2, 0) is 16.4 Å². The number of aromatic nitrogens is 4. The molecule has 0 saturated carbocycles. The van der Waals surface area contributed by atoms with Crippen molar-refractivity contribution in [2.24, 2.45) is 5.14 Å². The molecule has 3 rings (SSSR count). The Balaban J connectivity index is 1.68. The molecule has 0 saturated heterocycles. The van der Waals surface area contributed by atoms with Gasteiger partial charge in [-0.25, -0.2) is 18.5 Å². The summed E-state index contributed by atoms with van der Waals surface area (Å²) < 4.78 is 24.1. The van der Waals surface area contributed by atoms with Crippen molar-refractivity contribution < 1.29 is 8.42 Å². The number of benzene rings is 1. The minimum Gasteiger partial charge on any atom is -0.370 e. The molecule has 0 spiro atoms. The quantitative estimate of drug-likeness (QED) is 0.712. The molecule has 9 heteroatoms. The zero-order chi connectivity index (χ0) is 16.4. The van der Waals surface area contributed by atoms with Gasteiger partial charge in [0.1, 0.15) is 12.1 Å². The second-order valence-electron chi connectivity index (χ2n) is 5.12. The lowest BCUT2D eigenvalue weighted by Gasteiger charge is -2.09. The maximum atomic E-state index is 11.2. The van der Waals surface area contributed by atoms with Gasteiger partial charge >= 0.3 is 0 Å². The van der Waals surface area contributed by atoms with Crippen LogP contribution in [0.4, 0.5) is 5.82 Å². The fraction of sp³-hybridized carbons (Fsp3) is 0.214. The van der Waals surface area contributed by atoms with E-state index in [-0.39, 0.29) is 4.90 Å². The minimum absolute atomic E-state index is 0.114. The molecule has 0 aliphatic carbocycles. The first-order valence-corrected chi connectivity index (χ1v) is 8.51. The average Bonchev–Trinajstić information content (AvgIpc) is 2.95. The fourth-order valence-corrected chi connectivity index (χ4v) is 2.75.